The molecule has 1 heterocycles. The first-order chi connectivity index (χ1) is 9.41. The minimum atomic E-state index is -0.971. The highest BCUT2D eigenvalue weighted by Crippen LogP contribution is 2.21. The third-order valence-corrected chi connectivity index (χ3v) is 3.67. The van der Waals surface area contributed by atoms with Crippen LogP contribution in [-0.4, -0.2) is 47.9 Å². The number of carbonyl (C=O) groups excluding carboxylic acids is 1. The standard InChI is InChI=1S/C14H19F2N3O/c1-9(2)18-5-7-19(8-6-18)14(20)12-10(15)3-4-11(17)13(12)16/h3-4,9H,5-8,17H2,1-2H3. The van der Waals surface area contributed by atoms with Gasteiger partial charge in [0.1, 0.15) is 11.4 Å². The van der Waals surface area contributed by atoms with Gasteiger partial charge in [-0.15, -0.1) is 0 Å². The molecule has 2 N–H and O–H groups in total. The van der Waals surface area contributed by atoms with Crippen LogP contribution in [0.4, 0.5) is 14.5 Å². The predicted molar refractivity (Wildman–Crippen MR) is 73.4 cm³/mol. The average molecular weight is 283 g/mol. The molecular formula is C14H19F2N3O. The number of carbonyl (C=O) groups is 1. The molecule has 2 rings (SSSR count). The number of hydrogen-bond acceptors (Lipinski definition) is 3. The zero-order chi connectivity index (χ0) is 14.9. The smallest absolute Gasteiger partial charge is 0.259 e. The molecule has 1 saturated heterocycles. The van der Waals surface area contributed by atoms with Crippen LogP contribution in [0.2, 0.25) is 0 Å². The van der Waals surface area contributed by atoms with E-state index >= 15 is 0 Å². The SMILES string of the molecule is CC(C)N1CCN(C(=O)c2c(F)ccc(N)c2F)CC1. The fourth-order valence-corrected chi connectivity index (χ4v) is 2.36. The number of benzene rings is 1. The number of nitrogens with zero attached hydrogens (tertiary/aromatic N) is 2. The highest BCUT2D eigenvalue weighted by Gasteiger charge is 2.28. The summed E-state index contributed by atoms with van der Waals surface area (Å²) in [7, 11) is 0. The van der Waals surface area contributed by atoms with Gasteiger partial charge < -0.3 is 10.6 Å². The van der Waals surface area contributed by atoms with Crippen molar-refractivity contribution in [2.24, 2.45) is 0 Å². The Labute approximate surface area is 117 Å². The fraction of sp³-hybridized carbons (Fsp3) is 0.500. The van der Waals surface area contributed by atoms with Gasteiger partial charge in [0, 0.05) is 32.2 Å². The van der Waals surface area contributed by atoms with Crippen LogP contribution in [0, 0.1) is 11.6 Å². The van der Waals surface area contributed by atoms with Gasteiger partial charge in [-0.25, -0.2) is 8.78 Å². The average Bonchev–Trinajstić information content (AvgIpc) is 2.43. The molecule has 0 bridgehead atoms. The molecule has 1 aromatic rings. The van der Waals surface area contributed by atoms with E-state index in [4.69, 9.17) is 5.73 Å². The summed E-state index contributed by atoms with van der Waals surface area (Å²) in [5.74, 6) is -2.47. The monoisotopic (exact) mass is 283 g/mol. The summed E-state index contributed by atoms with van der Waals surface area (Å²) in [5, 5.41) is 0. The van der Waals surface area contributed by atoms with Crippen molar-refractivity contribution in [2.45, 2.75) is 19.9 Å². The van der Waals surface area contributed by atoms with Gasteiger partial charge in [-0.2, -0.15) is 0 Å². The van der Waals surface area contributed by atoms with Gasteiger partial charge in [0.05, 0.1) is 5.69 Å². The van der Waals surface area contributed by atoms with E-state index in [0.717, 1.165) is 12.1 Å². The van der Waals surface area contributed by atoms with Crippen LogP contribution in [0.3, 0.4) is 0 Å². The molecule has 0 aliphatic carbocycles. The molecule has 1 amide bonds. The van der Waals surface area contributed by atoms with Crippen molar-refractivity contribution in [1.29, 1.82) is 0 Å². The van der Waals surface area contributed by atoms with E-state index in [0.29, 0.717) is 32.2 Å². The van der Waals surface area contributed by atoms with E-state index in [1.165, 1.54) is 4.90 Å². The molecule has 1 aliphatic rings. The van der Waals surface area contributed by atoms with Crippen LogP contribution in [0.15, 0.2) is 12.1 Å². The predicted octanol–water partition coefficient (Wildman–Crippen LogP) is 1.71. The second kappa shape index (κ2) is 5.75. The molecule has 0 spiro atoms. The van der Waals surface area contributed by atoms with Crippen LogP contribution in [-0.2, 0) is 0 Å². The van der Waals surface area contributed by atoms with Crippen LogP contribution in [0.1, 0.15) is 24.2 Å². The summed E-state index contributed by atoms with van der Waals surface area (Å²) in [6, 6.07) is 2.54. The van der Waals surface area contributed by atoms with Crippen molar-refractivity contribution in [2.75, 3.05) is 31.9 Å². The molecule has 0 saturated carbocycles. The van der Waals surface area contributed by atoms with Crippen LogP contribution in [0.5, 0.6) is 0 Å². The Kier molecular flexibility index (Phi) is 4.23. The van der Waals surface area contributed by atoms with Crippen molar-refractivity contribution in [3.8, 4) is 0 Å². The minimum absolute atomic E-state index is 0.212. The lowest BCUT2D eigenvalue weighted by Crippen LogP contribution is -2.51. The molecule has 0 radical (unpaired) electrons. The molecule has 4 nitrogen and oxygen atoms in total. The van der Waals surface area contributed by atoms with Gasteiger partial charge in [0.25, 0.3) is 5.91 Å². The van der Waals surface area contributed by atoms with Crippen LogP contribution >= 0.6 is 0 Å². The summed E-state index contributed by atoms with van der Waals surface area (Å²) in [6.45, 7) is 6.49. The number of amides is 1. The van der Waals surface area contributed by atoms with Gasteiger partial charge in [-0.05, 0) is 26.0 Å². The first kappa shape index (κ1) is 14.7. The summed E-state index contributed by atoms with van der Waals surface area (Å²) in [4.78, 5) is 15.9. The zero-order valence-corrected chi connectivity index (χ0v) is 11.7. The van der Waals surface area contributed by atoms with Gasteiger partial charge in [0.2, 0.25) is 0 Å². The van der Waals surface area contributed by atoms with E-state index < -0.39 is 23.1 Å². The molecule has 0 atom stereocenters. The fourth-order valence-electron chi connectivity index (χ4n) is 2.36. The van der Waals surface area contributed by atoms with E-state index in [9.17, 15) is 13.6 Å². The largest absolute Gasteiger partial charge is 0.396 e. The maximum Gasteiger partial charge on any atom is 0.259 e. The zero-order valence-electron chi connectivity index (χ0n) is 11.7. The molecule has 0 aromatic heterocycles. The second-order valence-electron chi connectivity index (χ2n) is 5.25. The van der Waals surface area contributed by atoms with Crippen molar-refractivity contribution >= 4 is 11.6 Å². The summed E-state index contributed by atoms with van der Waals surface area (Å²) >= 11 is 0. The minimum Gasteiger partial charge on any atom is -0.396 e. The number of rotatable bonds is 2. The van der Waals surface area contributed by atoms with Gasteiger partial charge >= 0.3 is 0 Å². The Morgan fingerprint density at radius 1 is 1.20 bits per heavy atom. The van der Waals surface area contributed by atoms with Gasteiger partial charge in [-0.3, -0.25) is 9.69 Å². The van der Waals surface area contributed by atoms with E-state index in [1.807, 2.05) is 0 Å². The molecule has 1 fully saturated rings. The lowest BCUT2D eigenvalue weighted by atomic mass is 10.1. The van der Waals surface area contributed by atoms with Crippen molar-refractivity contribution in [3.05, 3.63) is 29.3 Å². The maximum atomic E-state index is 13.8. The molecule has 1 aliphatic heterocycles. The summed E-state index contributed by atoms with van der Waals surface area (Å²) < 4.78 is 27.5. The molecule has 6 heteroatoms. The Balaban J connectivity index is 2.16. The lowest BCUT2D eigenvalue weighted by molar-refractivity contribution is 0.0586. The number of hydrogen-bond donors (Lipinski definition) is 1. The highest BCUT2D eigenvalue weighted by molar-refractivity contribution is 5.95. The Hall–Kier alpha value is -1.69. The third-order valence-electron chi connectivity index (χ3n) is 3.67. The Bertz CT molecular complexity index is 511. The van der Waals surface area contributed by atoms with E-state index in [1.54, 1.807) is 0 Å². The number of nitrogen functional groups attached to an aromatic ring is 1. The molecule has 20 heavy (non-hydrogen) atoms. The highest BCUT2D eigenvalue weighted by atomic mass is 19.1. The molecule has 0 unspecified atom stereocenters. The number of piperazine rings is 1. The van der Waals surface area contributed by atoms with Crippen LogP contribution in [0.25, 0.3) is 0 Å². The molecule has 1 aromatic carbocycles. The normalized spacial score (nSPS) is 16.8. The van der Waals surface area contributed by atoms with Crippen molar-refractivity contribution in [3.63, 3.8) is 0 Å². The maximum absolute atomic E-state index is 13.8. The van der Waals surface area contributed by atoms with Crippen molar-refractivity contribution < 1.29 is 13.6 Å². The van der Waals surface area contributed by atoms with Crippen molar-refractivity contribution in [1.82, 2.24) is 9.80 Å². The molecule has 110 valence electrons. The van der Waals surface area contributed by atoms with Gasteiger partial charge in [-0.1, -0.05) is 0 Å². The van der Waals surface area contributed by atoms with Crippen LogP contribution < -0.4 is 5.73 Å². The summed E-state index contributed by atoms with van der Waals surface area (Å²) in [5.41, 5.74) is 4.63. The number of nitrogens with two attached hydrogens (primary N) is 1. The third kappa shape index (κ3) is 2.75. The second-order valence-corrected chi connectivity index (χ2v) is 5.25. The van der Waals surface area contributed by atoms with Gasteiger partial charge in [0.15, 0.2) is 5.82 Å². The first-order valence-corrected chi connectivity index (χ1v) is 6.68. The Morgan fingerprint density at radius 3 is 2.35 bits per heavy atom. The topological polar surface area (TPSA) is 49.6 Å². The van der Waals surface area contributed by atoms with E-state index in [-0.39, 0.29) is 5.69 Å². The summed E-state index contributed by atoms with van der Waals surface area (Å²) in [6.07, 6.45) is 0. The number of anilines is 1. The quantitative estimate of drug-likeness (QED) is 0.841. The number of halogens is 2. The first-order valence-electron chi connectivity index (χ1n) is 6.68. The van der Waals surface area contributed by atoms with E-state index in [2.05, 4.69) is 18.7 Å². The lowest BCUT2D eigenvalue weighted by Gasteiger charge is -2.37. The molecular weight excluding hydrogens is 264 g/mol. The Morgan fingerprint density at radius 2 is 1.80 bits per heavy atom.